The maximum Gasteiger partial charge on any atom is 0.0701 e. The molecule has 4 N–H and O–H groups in total. The first kappa shape index (κ1) is 28.4. The third kappa shape index (κ3) is 10.1. The fraction of sp³-hybridized carbons (Fsp3) is 0.500. The minimum atomic E-state index is 0.284. The Hall–Kier alpha value is -0.870. The Morgan fingerprint density at radius 3 is 2.12 bits per heavy atom. The molecule has 1 atom stereocenters. The molecule has 1 aliphatic rings. The maximum absolute atomic E-state index is 6.37. The highest BCUT2D eigenvalue weighted by Crippen LogP contribution is 2.38. The van der Waals surface area contributed by atoms with Crippen molar-refractivity contribution in [3.8, 4) is 0 Å². The standard InChI is InChI=1S/C16H15Cl2NS.C8H20N2O3/c1-19-8-14(10-3-2-4-12(20)5-10)13-6-11(17)7-16(18)15(13)9-19;9-1-3-11-5-7-13-8-6-12-4-2-10/h2-7,14,20H,8-9H2,1H3;1-10H2. The molecule has 0 fully saturated rings. The average molecular weight is 517 g/mol. The first-order valence-electron chi connectivity index (χ1n) is 11.0. The van der Waals surface area contributed by atoms with Crippen molar-refractivity contribution in [1.29, 1.82) is 0 Å². The molecule has 0 saturated heterocycles. The Morgan fingerprint density at radius 2 is 1.55 bits per heavy atom. The van der Waals surface area contributed by atoms with Crippen molar-refractivity contribution >= 4 is 35.8 Å². The number of likely N-dealkylation sites (N-methyl/N-ethyl adjacent to an activating group) is 1. The summed E-state index contributed by atoms with van der Waals surface area (Å²) < 4.78 is 15.4. The minimum Gasteiger partial charge on any atom is -0.378 e. The fourth-order valence-electron chi connectivity index (χ4n) is 3.58. The van der Waals surface area contributed by atoms with E-state index >= 15 is 0 Å². The molecule has 3 rings (SSSR count). The van der Waals surface area contributed by atoms with Gasteiger partial charge in [-0.3, -0.25) is 0 Å². The maximum atomic E-state index is 6.37. The number of rotatable bonds is 11. The lowest BCUT2D eigenvalue weighted by Gasteiger charge is -2.33. The van der Waals surface area contributed by atoms with Crippen molar-refractivity contribution in [2.45, 2.75) is 17.4 Å². The molecule has 6 nitrogen and oxygen atoms in total. The molecule has 1 heterocycles. The van der Waals surface area contributed by atoms with E-state index in [1.807, 2.05) is 24.3 Å². The molecule has 2 aromatic carbocycles. The molecule has 0 aliphatic carbocycles. The van der Waals surface area contributed by atoms with Crippen LogP contribution >= 0.6 is 35.8 Å². The summed E-state index contributed by atoms with van der Waals surface area (Å²) in [5.41, 5.74) is 14.1. The molecular formula is C24H35Cl2N3O3S. The molecule has 0 radical (unpaired) electrons. The SMILES string of the molecule is CN1Cc2c(Cl)cc(Cl)cc2C(c2cccc(S)c2)C1.NCCOCCOCCOCCN. The van der Waals surface area contributed by atoms with Crippen molar-refractivity contribution in [2.24, 2.45) is 11.5 Å². The molecule has 0 saturated carbocycles. The number of hydrogen-bond donors (Lipinski definition) is 3. The van der Waals surface area contributed by atoms with E-state index in [4.69, 9.17) is 48.9 Å². The highest BCUT2D eigenvalue weighted by molar-refractivity contribution is 7.80. The van der Waals surface area contributed by atoms with Crippen LogP contribution in [0.25, 0.3) is 0 Å². The number of benzene rings is 2. The molecule has 1 aliphatic heterocycles. The molecule has 184 valence electrons. The number of hydrogen-bond acceptors (Lipinski definition) is 7. The molecule has 0 spiro atoms. The first-order valence-corrected chi connectivity index (χ1v) is 12.2. The van der Waals surface area contributed by atoms with Crippen LogP contribution in [0.15, 0.2) is 41.3 Å². The topological polar surface area (TPSA) is 83.0 Å². The molecule has 1 unspecified atom stereocenters. The monoisotopic (exact) mass is 515 g/mol. The van der Waals surface area contributed by atoms with E-state index in [2.05, 4.69) is 36.7 Å². The Bertz CT molecular complexity index is 835. The molecule has 0 amide bonds. The van der Waals surface area contributed by atoms with Crippen LogP contribution in [-0.2, 0) is 20.8 Å². The number of fused-ring (bicyclic) bond motifs is 1. The van der Waals surface area contributed by atoms with E-state index in [1.54, 1.807) is 0 Å². The summed E-state index contributed by atoms with van der Waals surface area (Å²) in [5, 5.41) is 1.46. The van der Waals surface area contributed by atoms with Gasteiger partial charge >= 0.3 is 0 Å². The van der Waals surface area contributed by atoms with Crippen molar-refractivity contribution < 1.29 is 14.2 Å². The van der Waals surface area contributed by atoms with Gasteiger partial charge in [-0.15, -0.1) is 12.6 Å². The summed E-state index contributed by atoms with van der Waals surface area (Å²) >= 11 is 17.0. The Labute approximate surface area is 212 Å². The van der Waals surface area contributed by atoms with Crippen molar-refractivity contribution in [2.75, 3.05) is 66.3 Å². The van der Waals surface area contributed by atoms with Crippen LogP contribution in [-0.4, -0.2) is 71.2 Å². The number of thiol groups is 1. The second-order valence-corrected chi connectivity index (χ2v) is 9.07. The largest absolute Gasteiger partial charge is 0.378 e. The molecule has 33 heavy (non-hydrogen) atoms. The minimum absolute atomic E-state index is 0.284. The van der Waals surface area contributed by atoms with E-state index in [9.17, 15) is 0 Å². The lowest BCUT2D eigenvalue weighted by Crippen LogP contribution is -2.31. The van der Waals surface area contributed by atoms with Crippen molar-refractivity contribution in [3.05, 3.63) is 63.1 Å². The van der Waals surface area contributed by atoms with E-state index in [0.29, 0.717) is 57.8 Å². The molecule has 0 bridgehead atoms. The first-order chi connectivity index (χ1) is 16.0. The summed E-state index contributed by atoms with van der Waals surface area (Å²) in [5.74, 6) is 0.284. The van der Waals surface area contributed by atoms with Crippen molar-refractivity contribution in [3.63, 3.8) is 0 Å². The van der Waals surface area contributed by atoms with Gasteiger partial charge in [-0.25, -0.2) is 0 Å². The van der Waals surface area contributed by atoms with Crippen molar-refractivity contribution in [1.82, 2.24) is 4.90 Å². The van der Waals surface area contributed by atoms with Gasteiger partial charge < -0.3 is 30.6 Å². The number of halogens is 2. The summed E-state index contributed by atoms with van der Waals surface area (Å²) in [4.78, 5) is 3.27. The van der Waals surface area contributed by atoms with Crippen LogP contribution in [0.2, 0.25) is 10.0 Å². The second kappa shape index (κ2) is 15.9. The number of nitrogens with zero attached hydrogens (tertiary/aromatic N) is 1. The quantitative estimate of drug-likeness (QED) is 0.311. The van der Waals surface area contributed by atoms with Crippen LogP contribution in [0, 0.1) is 0 Å². The normalized spacial score (nSPS) is 15.6. The van der Waals surface area contributed by atoms with Gasteiger partial charge in [-0.05, 0) is 48.0 Å². The van der Waals surface area contributed by atoms with Crippen LogP contribution in [0.5, 0.6) is 0 Å². The van der Waals surface area contributed by atoms with Gasteiger partial charge in [-0.2, -0.15) is 0 Å². The zero-order valence-corrected chi connectivity index (χ0v) is 21.5. The smallest absolute Gasteiger partial charge is 0.0701 e. The lowest BCUT2D eigenvalue weighted by molar-refractivity contribution is 0.0175. The molecule has 0 aromatic heterocycles. The zero-order valence-electron chi connectivity index (χ0n) is 19.1. The summed E-state index contributed by atoms with van der Waals surface area (Å²) in [6.45, 7) is 6.47. The summed E-state index contributed by atoms with van der Waals surface area (Å²) in [7, 11) is 2.12. The highest BCUT2D eigenvalue weighted by atomic mass is 35.5. The van der Waals surface area contributed by atoms with Gasteiger partial charge in [0.2, 0.25) is 0 Å². The zero-order chi connectivity index (χ0) is 24.1. The van der Waals surface area contributed by atoms with E-state index in [-0.39, 0.29) is 5.92 Å². The van der Waals surface area contributed by atoms with Gasteiger partial charge in [-0.1, -0.05) is 35.3 Å². The third-order valence-corrected chi connectivity index (χ3v) is 5.87. The Balaban J connectivity index is 0.000000260. The van der Waals surface area contributed by atoms with Gasteiger partial charge in [0.05, 0.1) is 39.6 Å². The molecular weight excluding hydrogens is 481 g/mol. The van der Waals surface area contributed by atoms with E-state index in [0.717, 1.165) is 23.0 Å². The van der Waals surface area contributed by atoms with Gasteiger partial charge in [0.1, 0.15) is 0 Å². The summed E-state index contributed by atoms with van der Waals surface area (Å²) in [6, 6.07) is 12.2. The second-order valence-electron chi connectivity index (χ2n) is 7.71. The predicted molar refractivity (Wildman–Crippen MR) is 139 cm³/mol. The van der Waals surface area contributed by atoms with Gasteiger partial charge in [0.25, 0.3) is 0 Å². The molecule has 2 aromatic rings. The highest BCUT2D eigenvalue weighted by Gasteiger charge is 2.27. The number of nitrogens with two attached hydrogens (primary N) is 2. The Morgan fingerprint density at radius 1 is 0.939 bits per heavy atom. The lowest BCUT2D eigenvalue weighted by atomic mass is 9.85. The fourth-order valence-corrected chi connectivity index (χ4v) is 4.38. The van der Waals surface area contributed by atoms with E-state index < -0.39 is 0 Å². The van der Waals surface area contributed by atoms with Crippen LogP contribution in [0.1, 0.15) is 22.6 Å². The summed E-state index contributed by atoms with van der Waals surface area (Å²) in [6.07, 6.45) is 0. The average Bonchev–Trinajstić information content (AvgIpc) is 2.78. The van der Waals surface area contributed by atoms with Crippen LogP contribution < -0.4 is 11.5 Å². The molecule has 9 heteroatoms. The van der Waals surface area contributed by atoms with Crippen LogP contribution in [0.4, 0.5) is 0 Å². The van der Waals surface area contributed by atoms with Crippen LogP contribution in [0.3, 0.4) is 0 Å². The number of ether oxygens (including phenoxy) is 3. The van der Waals surface area contributed by atoms with E-state index in [1.165, 1.54) is 16.7 Å². The third-order valence-electron chi connectivity index (χ3n) is 5.03. The van der Waals surface area contributed by atoms with Gasteiger partial charge in [0, 0.05) is 47.0 Å². The predicted octanol–water partition coefficient (Wildman–Crippen LogP) is 3.81. The van der Waals surface area contributed by atoms with Gasteiger partial charge in [0.15, 0.2) is 0 Å². The Kier molecular flexibility index (Phi) is 13.7.